The maximum absolute atomic E-state index is 12.7. The number of hydrogen-bond donors (Lipinski definition) is 0. The second kappa shape index (κ2) is 7.97. The number of pyridine rings is 1. The summed E-state index contributed by atoms with van der Waals surface area (Å²) in [5.41, 5.74) is 1.80. The van der Waals surface area contributed by atoms with Crippen LogP contribution in [-0.2, 0) is 17.5 Å². The van der Waals surface area contributed by atoms with Crippen molar-refractivity contribution >= 4 is 5.57 Å². The van der Waals surface area contributed by atoms with E-state index < -0.39 is 11.9 Å². The first-order chi connectivity index (χ1) is 11.5. The molecule has 0 aliphatic carbocycles. The smallest absolute Gasteiger partial charge is 0.433 e. The molecule has 24 heavy (non-hydrogen) atoms. The molecular weight excluding hydrogens is 319 g/mol. The van der Waals surface area contributed by atoms with Crippen LogP contribution in [0.25, 0.3) is 5.57 Å². The molecule has 0 unspecified atom stereocenters. The van der Waals surface area contributed by atoms with E-state index in [0.717, 1.165) is 22.8 Å². The van der Waals surface area contributed by atoms with Crippen LogP contribution in [0, 0.1) is 0 Å². The third-order valence-corrected chi connectivity index (χ3v) is 3.40. The number of rotatable bonds is 6. The first-order valence-corrected chi connectivity index (χ1v) is 7.35. The number of alkyl halides is 3. The number of nitrogens with zero attached hydrogens (tertiary/aromatic N) is 1. The molecule has 1 heterocycles. The zero-order chi connectivity index (χ0) is 17.6. The van der Waals surface area contributed by atoms with Crippen LogP contribution < -0.4 is 4.74 Å². The summed E-state index contributed by atoms with van der Waals surface area (Å²) in [6, 6.07) is 11.1. The molecule has 1 aromatic heterocycles. The Balaban J connectivity index is 2.19. The highest BCUT2D eigenvalue weighted by molar-refractivity contribution is 5.68. The third kappa shape index (κ3) is 4.58. The monoisotopic (exact) mass is 337 g/mol. The fourth-order valence-electron chi connectivity index (χ4n) is 2.24. The van der Waals surface area contributed by atoms with E-state index in [9.17, 15) is 13.2 Å². The van der Waals surface area contributed by atoms with Crippen LogP contribution >= 0.6 is 0 Å². The zero-order valence-electron chi connectivity index (χ0n) is 13.4. The Morgan fingerprint density at radius 2 is 1.88 bits per heavy atom. The van der Waals surface area contributed by atoms with Gasteiger partial charge in [-0.05, 0) is 29.7 Å². The van der Waals surface area contributed by atoms with E-state index in [-0.39, 0.29) is 12.5 Å². The van der Waals surface area contributed by atoms with E-state index in [2.05, 4.69) is 4.98 Å². The lowest BCUT2D eigenvalue weighted by Crippen LogP contribution is -2.09. The number of halogens is 3. The average molecular weight is 337 g/mol. The molecule has 1 aromatic carbocycles. The SMILES string of the molecule is C/C=C(/COC)c1ccccc1COc1cccc(C(F)(F)F)n1. The maximum atomic E-state index is 12.7. The Morgan fingerprint density at radius 1 is 1.12 bits per heavy atom. The molecule has 2 aromatic rings. The number of aromatic nitrogens is 1. The standard InChI is InChI=1S/C18H18F3NO2/c1-3-13(11-23-2)15-8-5-4-7-14(15)12-24-17-10-6-9-16(22-17)18(19,20)21/h3-10H,11-12H2,1-2H3/b13-3-. The van der Waals surface area contributed by atoms with Crippen LogP contribution in [0.5, 0.6) is 5.88 Å². The molecule has 0 saturated heterocycles. The van der Waals surface area contributed by atoms with Gasteiger partial charge >= 0.3 is 6.18 Å². The minimum Gasteiger partial charge on any atom is -0.473 e. The van der Waals surface area contributed by atoms with Crippen LogP contribution in [-0.4, -0.2) is 18.7 Å². The van der Waals surface area contributed by atoms with Gasteiger partial charge in [-0.15, -0.1) is 0 Å². The van der Waals surface area contributed by atoms with E-state index in [1.54, 1.807) is 7.11 Å². The van der Waals surface area contributed by atoms with Crippen molar-refractivity contribution in [1.82, 2.24) is 4.98 Å². The molecule has 3 nitrogen and oxygen atoms in total. The molecule has 0 N–H and O–H groups in total. The summed E-state index contributed by atoms with van der Waals surface area (Å²) in [5, 5.41) is 0. The van der Waals surface area contributed by atoms with Gasteiger partial charge in [-0.25, -0.2) is 4.98 Å². The van der Waals surface area contributed by atoms with E-state index in [1.165, 1.54) is 12.1 Å². The van der Waals surface area contributed by atoms with Crippen molar-refractivity contribution < 1.29 is 22.6 Å². The Morgan fingerprint density at radius 3 is 2.54 bits per heavy atom. The summed E-state index contributed by atoms with van der Waals surface area (Å²) >= 11 is 0. The lowest BCUT2D eigenvalue weighted by Gasteiger charge is -2.14. The number of methoxy groups -OCH3 is 1. The quantitative estimate of drug-likeness (QED) is 0.764. The molecule has 0 radical (unpaired) electrons. The van der Waals surface area contributed by atoms with E-state index in [4.69, 9.17) is 9.47 Å². The summed E-state index contributed by atoms with van der Waals surface area (Å²) in [6.07, 6.45) is -2.56. The number of benzene rings is 1. The van der Waals surface area contributed by atoms with E-state index in [1.807, 2.05) is 37.3 Å². The minimum absolute atomic E-state index is 0.0617. The first kappa shape index (κ1) is 18.0. The fraction of sp³-hybridized carbons (Fsp3) is 0.278. The van der Waals surface area contributed by atoms with Crippen molar-refractivity contribution in [2.75, 3.05) is 13.7 Å². The topological polar surface area (TPSA) is 31.4 Å². The highest BCUT2D eigenvalue weighted by Gasteiger charge is 2.32. The summed E-state index contributed by atoms with van der Waals surface area (Å²) in [7, 11) is 1.61. The largest absolute Gasteiger partial charge is 0.473 e. The summed E-state index contributed by atoms with van der Waals surface area (Å²) in [5.74, 6) is -0.0617. The van der Waals surface area contributed by atoms with Crippen molar-refractivity contribution in [2.45, 2.75) is 19.7 Å². The normalized spacial score (nSPS) is 12.3. The van der Waals surface area contributed by atoms with Crippen molar-refractivity contribution in [3.05, 3.63) is 65.4 Å². The second-order valence-electron chi connectivity index (χ2n) is 5.05. The molecule has 0 amide bonds. The van der Waals surface area contributed by atoms with Gasteiger partial charge in [-0.2, -0.15) is 13.2 Å². The lowest BCUT2D eigenvalue weighted by atomic mass is 10.0. The lowest BCUT2D eigenvalue weighted by molar-refractivity contribution is -0.141. The van der Waals surface area contributed by atoms with Gasteiger partial charge in [0.2, 0.25) is 5.88 Å². The zero-order valence-corrected chi connectivity index (χ0v) is 13.4. The second-order valence-corrected chi connectivity index (χ2v) is 5.05. The minimum atomic E-state index is -4.49. The van der Waals surface area contributed by atoms with Crippen LogP contribution in [0.3, 0.4) is 0 Å². The number of hydrogen-bond acceptors (Lipinski definition) is 3. The van der Waals surface area contributed by atoms with Gasteiger partial charge < -0.3 is 9.47 Å². The predicted octanol–water partition coefficient (Wildman–Crippen LogP) is 4.73. The number of ether oxygens (including phenoxy) is 2. The Labute approximate surface area is 138 Å². The molecule has 128 valence electrons. The van der Waals surface area contributed by atoms with Crippen LogP contribution in [0.2, 0.25) is 0 Å². The van der Waals surface area contributed by atoms with Gasteiger partial charge in [-0.1, -0.05) is 36.4 Å². The van der Waals surface area contributed by atoms with Crippen LogP contribution in [0.15, 0.2) is 48.5 Å². The molecular formula is C18H18F3NO2. The fourth-order valence-corrected chi connectivity index (χ4v) is 2.24. The van der Waals surface area contributed by atoms with Gasteiger partial charge in [0.1, 0.15) is 12.3 Å². The average Bonchev–Trinajstić information content (AvgIpc) is 2.58. The van der Waals surface area contributed by atoms with Gasteiger partial charge in [0, 0.05) is 13.2 Å². The first-order valence-electron chi connectivity index (χ1n) is 7.35. The van der Waals surface area contributed by atoms with E-state index in [0.29, 0.717) is 6.61 Å². The molecule has 0 aliphatic heterocycles. The Hall–Kier alpha value is -2.34. The predicted molar refractivity (Wildman–Crippen MR) is 85.5 cm³/mol. The molecule has 0 saturated carbocycles. The van der Waals surface area contributed by atoms with Gasteiger partial charge in [0.25, 0.3) is 0 Å². The maximum Gasteiger partial charge on any atom is 0.433 e. The van der Waals surface area contributed by atoms with Gasteiger partial charge in [-0.3, -0.25) is 0 Å². The summed E-state index contributed by atoms with van der Waals surface area (Å²) in [6.45, 7) is 2.46. The molecule has 0 spiro atoms. The van der Waals surface area contributed by atoms with E-state index >= 15 is 0 Å². The van der Waals surface area contributed by atoms with Crippen molar-refractivity contribution in [2.24, 2.45) is 0 Å². The summed E-state index contributed by atoms with van der Waals surface area (Å²) in [4.78, 5) is 3.50. The van der Waals surface area contributed by atoms with Crippen LogP contribution in [0.4, 0.5) is 13.2 Å². The Bertz CT molecular complexity index is 711. The highest BCUT2D eigenvalue weighted by Crippen LogP contribution is 2.29. The highest BCUT2D eigenvalue weighted by atomic mass is 19.4. The molecule has 6 heteroatoms. The van der Waals surface area contributed by atoms with Crippen molar-refractivity contribution in [3.63, 3.8) is 0 Å². The number of allylic oxidation sites excluding steroid dienone is 1. The molecule has 2 rings (SSSR count). The molecule has 0 fully saturated rings. The van der Waals surface area contributed by atoms with Crippen molar-refractivity contribution in [1.29, 1.82) is 0 Å². The van der Waals surface area contributed by atoms with Crippen LogP contribution in [0.1, 0.15) is 23.7 Å². The van der Waals surface area contributed by atoms with Gasteiger partial charge in [0.15, 0.2) is 0 Å². The third-order valence-electron chi connectivity index (χ3n) is 3.40. The summed E-state index contributed by atoms with van der Waals surface area (Å²) < 4.78 is 48.7. The van der Waals surface area contributed by atoms with Crippen molar-refractivity contribution in [3.8, 4) is 5.88 Å². The molecule has 0 atom stereocenters. The Kier molecular flexibility index (Phi) is 5.98. The molecule has 0 aliphatic rings. The van der Waals surface area contributed by atoms with Gasteiger partial charge in [0.05, 0.1) is 6.61 Å². The molecule has 0 bridgehead atoms.